The lowest BCUT2D eigenvalue weighted by Gasteiger charge is -2.14. The fraction of sp³-hybridized carbons (Fsp3) is 0.0769. The first-order chi connectivity index (χ1) is 18.9. The number of aromatic nitrogens is 4. The van der Waals surface area contributed by atoms with Gasteiger partial charge in [-0.05, 0) is 30.3 Å². The Morgan fingerprint density at radius 2 is 1.52 bits per heavy atom. The van der Waals surface area contributed by atoms with Gasteiger partial charge in [-0.3, -0.25) is 14.6 Å². The minimum atomic E-state index is -5.15. The van der Waals surface area contributed by atoms with E-state index < -0.39 is 40.5 Å². The van der Waals surface area contributed by atoms with Gasteiger partial charge in [0.05, 0.1) is 23.1 Å². The minimum Gasteiger partial charge on any atom is -0.463 e. The predicted octanol–water partition coefficient (Wildman–Crippen LogP) is 6.17. The number of anilines is 1. The molecule has 0 aliphatic carbocycles. The number of halogens is 6. The molecule has 3 aromatic heterocycles. The zero-order chi connectivity index (χ0) is 28.7. The van der Waals surface area contributed by atoms with Gasteiger partial charge in [-0.1, -0.05) is 30.3 Å². The van der Waals surface area contributed by atoms with Gasteiger partial charge in [0.15, 0.2) is 5.76 Å². The van der Waals surface area contributed by atoms with Crippen LogP contribution in [0, 0.1) is 0 Å². The number of aromatic amines is 1. The normalized spacial score (nSPS) is 11.9. The van der Waals surface area contributed by atoms with Crippen molar-refractivity contribution < 1.29 is 35.6 Å². The molecule has 0 spiro atoms. The summed E-state index contributed by atoms with van der Waals surface area (Å²) in [5.74, 6) is -1.50. The number of rotatable bonds is 5. The summed E-state index contributed by atoms with van der Waals surface area (Å²) < 4.78 is 86.2. The van der Waals surface area contributed by atoms with E-state index in [1.807, 2.05) is 0 Å². The molecule has 14 heteroatoms. The molecule has 0 aliphatic heterocycles. The summed E-state index contributed by atoms with van der Waals surface area (Å²) in [4.78, 5) is 32.3. The van der Waals surface area contributed by atoms with Gasteiger partial charge >= 0.3 is 12.4 Å². The topological polar surface area (TPSA) is 106 Å². The number of carbonyl (C=O) groups is 1. The van der Waals surface area contributed by atoms with Gasteiger partial charge in [-0.2, -0.15) is 36.1 Å². The van der Waals surface area contributed by atoms with Crippen LogP contribution in [0.25, 0.3) is 28.7 Å². The monoisotopic (exact) mass is 559 g/mol. The Bertz CT molecular complexity index is 1710. The molecule has 0 saturated heterocycles. The third kappa shape index (κ3) is 5.50. The Kier molecular flexibility index (Phi) is 6.53. The van der Waals surface area contributed by atoms with E-state index in [1.165, 1.54) is 24.5 Å². The fourth-order valence-electron chi connectivity index (χ4n) is 3.75. The van der Waals surface area contributed by atoms with Crippen LogP contribution in [0.1, 0.15) is 21.5 Å². The van der Waals surface area contributed by atoms with E-state index in [-0.39, 0.29) is 35.0 Å². The van der Waals surface area contributed by atoms with E-state index in [9.17, 15) is 35.9 Å². The van der Waals surface area contributed by atoms with Crippen LogP contribution < -0.4 is 10.9 Å². The van der Waals surface area contributed by atoms with Gasteiger partial charge in [-0.15, -0.1) is 0 Å². The molecule has 0 bridgehead atoms. The number of H-pyrrole nitrogens is 1. The zero-order valence-electron chi connectivity index (χ0n) is 19.8. The Balaban J connectivity index is 1.60. The third-order valence-corrected chi connectivity index (χ3v) is 5.57. The predicted molar refractivity (Wildman–Crippen MR) is 130 cm³/mol. The number of furan rings is 1. The number of carbonyl (C=O) groups excluding carboxylic acids is 1. The van der Waals surface area contributed by atoms with Crippen LogP contribution in [0.2, 0.25) is 0 Å². The number of hydrogen-bond acceptors (Lipinski definition) is 5. The highest BCUT2D eigenvalue weighted by Crippen LogP contribution is 2.36. The average molecular weight is 559 g/mol. The molecule has 0 fully saturated rings. The maximum Gasteiger partial charge on any atom is 0.416 e. The van der Waals surface area contributed by atoms with Crippen molar-refractivity contribution in [2.45, 2.75) is 12.4 Å². The van der Waals surface area contributed by atoms with Crippen molar-refractivity contribution in [1.29, 1.82) is 0 Å². The molecule has 8 nitrogen and oxygen atoms in total. The number of alkyl halides is 6. The molecule has 0 saturated carbocycles. The van der Waals surface area contributed by atoms with Crippen LogP contribution in [-0.2, 0) is 12.4 Å². The molecule has 2 N–H and O–H groups in total. The molecule has 3 heterocycles. The zero-order valence-corrected chi connectivity index (χ0v) is 19.8. The molecule has 1 amide bonds. The minimum absolute atomic E-state index is 0.0836. The fourth-order valence-corrected chi connectivity index (χ4v) is 3.75. The molecule has 40 heavy (non-hydrogen) atoms. The van der Waals surface area contributed by atoms with Crippen LogP contribution in [0.3, 0.4) is 0 Å². The number of benzene rings is 2. The summed E-state index contributed by atoms with van der Waals surface area (Å²) in [7, 11) is 0. The van der Waals surface area contributed by atoms with Gasteiger partial charge in [0.2, 0.25) is 5.95 Å². The summed E-state index contributed by atoms with van der Waals surface area (Å²) in [6.07, 6.45) is -8.96. The van der Waals surface area contributed by atoms with Crippen molar-refractivity contribution >= 4 is 11.7 Å². The number of nitrogens with one attached hydrogen (secondary N) is 2. The second kappa shape index (κ2) is 9.87. The molecule has 0 aliphatic rings. The summed E-state index contributed by atoms with van der Waals surface area (Å²) in [6.45, 7) is 0. The van der Waals surface area contributed by atoms with Gasteiger partial charge in [0, 0.05) is 23.3 Å². The van der Waals surface area contributed by atoms with Crippen molar-refractivity contribution in [1.82, 2.24) is 19.7 Å². The van der Waals surface area contributed by atoms with Crippen molar-refractivity contribution in [3.63, 3.8) is 0 Å². The van der Waals surface area contributed by atoms with Gasteiger partial charge in [0.25, 0.3) is 11.5 Å². The summed E-state index contributed by atoms with van der Waals surface area (Å²) in [5, 5.41) is 6.54. The van der Waals surface area contributed by atoms with E-state index in [4.69, 9.17) is 4.42 Å². The van der Waals surface area contributed by atoms with E-state index in [0.29, 0.717) is 17.7 Å². The summed E-state index contributed by atoms with van der Waals surface area (Å²) in [6, 6.07) is 14.6. The molecule has 5 rings (SSSR count). The maximum absolute atomic E-state index is 13.3. The lowest BCUT2D eigenvalue weighted by atomic mass is 10.0. The first kappa shape index (κ1) is 26.5. The SMILES string of the molecule is O=C(Nc1cc(-c2ccco2)nn1-c1nc(-c2ccccc2)cc(=O)[nH]1)c1cc(C(F)(F)F)cc(C(F)(F)F)c1. The standard InChI is InChI=1S/C26H15F6N5O3/c27-25(28,29)16-9-15(10-17(11-16)26(30,31)32)23(39)34-21-12-19(20-7-4-8-40-20)36-37(21)24-33-18(13-22(38)35-24)14-5-2-1-3-6-14/h1-13H,(H,34,39)(H,33,35,38). The molecule has 2 aromatic carbocycles. The number of nitrogens with zero attached hydrogens (tertiary/aromatic N) is 3. The lowest BCUT2D eigenvalue weighted by Crippen LogP contribution is -2.20. The highest BCUT2D eigenvalue weighted by atomic mass is 19.4. The van der Waals surface area contributed by atoms with E-state index in [2.05, 4.69) is 20.4 Å². The highest BCUT2D eigenvalue weighted by molar-refractivity contribution is 6.04. The van der Waals surface area contributed by atoms with Crippen molar-refractivity contribution in [3.05, 3.63) is 106 Å². The lowest BCUT2D eigenvalue weighted by molar-refractivity contribution is -0.143. The van der Waals surface area contributed by atoms with Crippen molar-refractivity contribution in [3.8, 4) is 28.7 Å². The van der Waals surface area contributed by atoms with Crippen LogP contribution in [0.15, 0.2) is 88.3 Å². The van der Waals surface area contributed by atoms with Crippen LogP contribution in [-0.4, -0.2) is 25.7 Å². The van der Waals surface area contributed by atoms with Gasteiger partial charge in [-0.25, -0.2) is 4.98 Å². The smallest absolute Gasteiger partial charge is 0.416 e. The second-order valence-electron chi connectivity index (χ2n) is 8.37. The molecule has 0 unspecified atom stereocenters. The second-order valence-corrected chi connectivity index (χ2v) is 8.37. The van der Waals surface area contributed by atoms with E-state index in [1.54, 1.807) is 36.4 Å². The Morgan fingerprint density at radius 1 is 0.850 bits per heavy atom. The molecule has 5 aromatic rings. The van der Waals surface area contributed by atoms with Gasteiger partial charge < -0.3 is 9.73 Å². The Labute approximate surface area is 219 Å². The molecular weight excluding hydrogens is 544 g/mol. The summed E-state index contributed by atoms with van der Waals surface area (Å²) >= 11 is 0. The third-order valence-electron chi connectivity index (χ3n) is 5.57. The van der Waals surface area contributed by atoms with E-state index in [0.717, 1.165) is 4.68 Å². The molecule has 0 atom stereocenters. The van der Waals surface area contributed by atoms with Crippen molar-refractivity contribution in [2.75, 3.05) is 5.32 Å². The van der Waals surface area contributed by atoms with Crippen molar-refractivity contribution in [2.24, 2.45) is 0 Å². The Hall–Kier alpha value is -5.14. The van der Waals surface area contributed by atoms with Crippen LogP contribution in [0.4, 0.5) is 32.2 Å². The highest BCUT2D eigenvalue weighted by Gasteiger charge is 2.37. The number of amides is 1. The largest absolute Gasteiger partial charge is 0.463 e. The average Bonchev–Trinajstić information content (AvgIpc) is 3.58. The quantitative estimate of drug-likeness (QED) is 0.251. The summed E-state index contributed by atoms with van der Waals surface area (Å²) in [5.41, 5.74) is -3.88. The Morgan fingerprint density at radius 3 is 2.12 bits per heavy atom. The van der Waals surface area contributed by atoms with Crippen LogP contribution in [0.5, 0.6) is 0 Å². The van der Waals surface area contributed by atoms with Gasteiger partial charge in [0.1, 0.15) is 11.5 Å². The maximum atomic E-state index is 13.3. The molecular formula is C26H15F6N5O3. The molecule has 0 radical (unpaired) electrons. The first-order valence-corrected chi connectivity index (χ1v) is 11.3. The van der Waals surface area contributed by atoms with E-state index >= 15 is 0 Å². The number of hydrogen-bond donors (Lipinski definition) is 2. The van der Waals surface area contributed by atoms with Crippen LogP contribution >= 0.6 is 0 Å². The first-order valence-electron chi connectivity index (χ1n) is 11.3. The molecule has 204 valence electrons.